The van der Waals surface area contributed by atoms with E-state index in [1.54, 1.807) is 24.3 Å². The Bertz CT molecular complexity index is 565. The van der Waals surface area contributed by atoms with Crippen LogP contribution in [0.5, 0.6) is 0 Å². The van der Waals surface area contributed by atoms with E-state index in [1.165, 1.54) is 12.2 Å². The lowest BCUT2D eigenvalue weighted by molar-refractivity contribution is -0.216. The van der Waals surface area contributed by atoms with Crippen LogP contribution in [0.1, 0.15) is 51.5 Å². The molecule has 0 heterocycles. The molecule has 1 amide bonds. The summed E-state index contributed by atoms with van der Waals surface area (Å²) in [6.07, 6.45) is 2.02. The molecule has 1 rings (SSSR count). The van der Waals surface area contributed by atoms with Crippen LogP contribution in [0, 0.1) is 0 Å². The molecule has 0 spiro atoms. The monoisotopic (exact) mass is 349 g/mol. The van der Waals surface area contributed by atoms with E-state index >= 15 is 0 Å². The van der Waals surface area contributed by atoms with E-state index in [0.29, 0.717) is 31.4 Å². The van der Waals surface area contributed by atoms with Gasteiger partial charge in [0.15, 0.2) is 5.78 Å². The minimum absolute atomic E-state index is 0.188. The second kappa shape index (κ2) is 9.93. The molecule has 6 nitrogen and oxygen atoms in total. The Labute approximate surface area is 149 Å². The predicted octanol–water partition coefficient (Wildman–Crippen LogP) is 2.87. The van der Waals surface area contributed by atoms with Crippen LogP contribution in [0.2, 0.25) is 0 Å². The summed E-state index contributed by atoms with van der Waals surface area (Å²) in [6.45, 7) is 5.96. The average molecular weight is 349 g/mol. The normalized spacial score (nSPS) is 12.3. The molecular weight excluding hydrogens is 322 g/mol. The van der Waals surface area contributed by atoms with Gasteiger partial charge in [-0.2, -0.15) is 0 Å². The molecule has 1 atom stereocenters. The molecule has 0 radical (unpaired) electrons. The topological polar surface area (TPSA) is 72.9 Å². The number of hydrogen-bond acceptors (Lipinski definition) is 5. The molecule has 0 saturated heterocycles. The van der Waals surface area contributed by atoms with Crippen molar-refractivity contribution in [2.75, 3.05) is 13.7 Å². The number of carbonyl (C=O) groups excluding carboxylic acids is 3. The van der Waals surface area contributed by atoms with Gasteiger partial charge in [-0.15, -0.1) is 0 Å². The highest BCUT2D eigenvalue weighted by Gasteiger charge is 2.28. The summed E-state index contributed by atoms with van der Waals surface area (Å²) in [6, 6.07) is 8.87. The number of hydrogen-bond donors (Lipinski definition) is 0. The number of benzene rings is 1. The Balaban J connectivity index is 2.55. The van der Waals surface area contributed by atoms with Gasteiger partial charge in [-0.1, -0.05) is 30.3 Å². The Morgan fingerprint density at radius 1 is 1.16 bits per heavy atom. The van der Waals surface area contributed by atoms with Crippen molar-refractivity contribution in [3.8, 4) is 0 Å². The third kappa shape index (κ3) is 7.47. The van der Waals surface area contributed by atoms with E-state index in [1.807, 2.05) is 26.8 Å². The molecule has 1 unspecified atom stereocenters. The number of Topliss-reactive ketones (excluding diaryl/α,β-unsaturated/α-hetero) is 1. The number of ketones is 1. The number of rotatable bonds is 10. The fraction of sp³-hybridized carbons (Fsp3) is 0.526. The number of amides is 1. The van der Waals surface area contributed by atoms with Gasteiger partial charge in [-0.3, -0.25) is 19.2 Å². The summed E-state index contributed by atoms with van der Waals surface area (Å²) in [5.74, 6) is -1.64. The fourth-order valence-corrected chi connectivity index (χ4v) is 2.40. The van der Waals surface area contributed by atoms with Crippen molar-refractivity contribution < 1.29 is 24.0 Å². The first-order valence-electron chi connectivity index (χ1n) is 8.35. The van der Waals surface area contributed by atoms with Crippen molar-refractivity contribution in [3.63, 3.8) is 0 Å². The highest BCUT2D eigenvalue weighted by atomic mass is 16.7. The van der Waals surface area contributed by atoms with E-state index in [2.05, 4.69) is 0 Å². The summed E-state index contributed by atoms with van der Waals surface area (Å²) >= 11 is 0. The van der Waals surface area contributed by atoms with E-state index in [0.717, 1.165) is 0 Å². The largest absolute Gasteiger partial charge is 0.468 e. The zero-order valence-electron chi connectivity index (χ0n) is 15.4. The van der Waals surface area contributed by atoms with Gasteiger partial charge in [0.1, 0.15) is 5.92 Å². The standard InChI is InChI=1S/C19H27NO5/c1-19(2,3)25-20(14-21)13-9-8-12-16(22)17(18(23)24-4)15-10-6-5-7-11-15/h5-7,10-11,14,17H,8-9,12-13H2,1-4H3. The lowest BCUT2D eigenvalue weighted by atomic mass is 9.92. The molecule has 0 N–H and O–H groups in total. The summed E-state index contributed by atoms with van der Waals surface area (Å²) in [5, 5.41) is 1.24. The van der Waals surface area contributed by atoms with Crippen LogP contribution in [-0.2, 0) is 24.0 Å². The van der Waals surface area contributed by atoms with Crippen molar-refractivity contribution in [2.24, 2.45) is 0 Å². The molecule has 0 fully saturated rings. The summed E-state index contributed by atoms with van der Waals surface area (Å²) in [4.78, 5) is 40.9. The lowest BCUT2D eigenvalue weighted by Gasteiger charge is -2.26. The van der Waals surface area contributed by atoms with Gasteiger partial charge in [0.25, 0.3) is 0 Å². The molecule has 6 heteroatoms. The van der Waals surface area contributed by atoms with Crippen LogP contribution in [0.15, 0.2) is 30.3 Å². The Kier molecular flexibility index (Phi) is 8.28. The molecule has 138 valence electrons. The molecule has 0 aliphatic carbocycles. The van der Waals surface area contributed by atoms with Gasteiger partial charge in [0.05, 0.1) is 12.7 Å². The van der Waals surface area contributed by atoms with E-state index in [-0.39, 0.29) is 12.2 Å². The number of esters is 1. The first-order chi connectivity index (χ1) is 11.8. The molecule has 25 heavy (non-hydrogen) atoms. The van der Waals surface area contributed by atoms with Crippen LogP contribution >= 0.6 is 0 Å². The van der Waals surface area contributed by atoms with Crippen LogP contribution in [0.3, 0.4) is 0 Å². The van der Waals surface area contributed by atoms with Gasteiger partial charge in [-0.25, -0.2) is 5.06 Å². The number of ether oxygens (including phenoxy) is 1. The van der Waals surface area contributed by atoms with Gasteiger partial charge >= 0.3 is 5.97 Å². The van der Waals surface area contributed by atoms with E-state index < -0.39 is 17.5 Å². The zero-order chi connectivity index (χ0) is 18.9. The third-order valence-corrected chi connectivity index (χ3v) is 3.45. The lowest BCUT2D eigenvalue weighted by Crippen LogP contribution is -2.33. The second-order valence-corrected chi connectivity index (χ2v) is 6.74. The molecule has 0 aliphatic rings. The molecule has 0 aromatic heterocycles. The van der Waals surface area contributed by atoms with Crippen LogP contribution in [-0.4, -0.2) is 42.5 Å². The van der Waals surface area contributed by atoms with Crippen molar-refractivity contribution in [1.29, 1.82) is 0 Å². The molecule has 1 aromatic rings. The number of methoxy groups -OCH3 is 1. The fourth-order valence-electron chi connectivity index (χ4n) is 2.40. The average Bonchev–Trinajstić information content (AvgIpc) is 2.57. The minimum Gasteiger partial charge on any atom is -0.468 e. The molecule has 0 saturated carbocycles. The van der Waals surface area contributed by atoms with E-state index in [4.69, 9.17) is 9.57 Å². The van der Waals surface area contributed by atoms with Crippen LogP contribution < -0.4 is 0 Å². The Morgan fingerprint density at radius 3 is 2.32 bits per heavy atom. The summed E-state index contributed by atoms with van der Waals surface area (Å²) in [5.41, 5.74) is 0.171. The highest BCUT2D eigenvalue weighted by molar-refractivity contribution is 6.04. The van der Waals surface area contributed by atoms with Gasteiger partial charge in [0.2, 0.25) is 6.41 Å². The molecule has 0 aliphatic heterocycles. The van der Waals surface area contributed by atoms with Crippen LogP contribution in [0.25, 0.3) is 0 Å². The maximum absolute atomic E-state index is 12.5. The smallest absolute Gasteiger partial charge is 0.320 e. The molecular formula is C19H27NO5. The van der Waals surface area contributed by atoms with Crippen molar-refractivity contribution >= 4 is 18.2 Å². The van der Waals surface area contributed by atoms with E-state index in [9.17, 15) is 14.4 Å². The van der Waals surface area contributed by atoms with Crippen molar-refractivity contribution in [1.82, 2.24) is 5.06 Å². The highest BCUT2D eigenvalue weighted by Crippen LogP contribution is 2.21. The van der Waals surface area contributed by atoms with Gasteiger partial charge < -0.3 is 4.74 Å². The number of carbonyl (C=O) groups is 3. The Morgan fingerprint density at radius 2 is 1.80 bits per heavy atom. The van der Waals surface area contributed by atoms with Gasteiger partial charge in [-0.05, 0) is 39.2 Å². The molecule has 1 aromatic carbocycles. The van der Waals surface area contributed by atoms with Crippen molar-refractivity contribution in [2.45, 2.75) is 51.6 Å². The molecule has 0 bridgehead atoms. The minimum atomic E-state index is -0.904. The quantitative estimate of drug-likeness (QED) is 0.213. The maximum Gasteiger partial charge on any atom is 0.320 e. The van der Waals surface area contributed by atoms with Crippen molar-refractivity contribution in [3.05, 3.63) is 35.9 Å². The first-order valence-corrected chi connectivity index (χ1v) is 8.35. The second-order valence-electron chi connectivity index (χ2n) is 6.74. The number of unbranched alkanes of at least 4 members (excludes halogenated alkanes) is 1. The zero-order valence-corrected chi connectivity index (χ0v) is 15.4. The third-order valence-electron chi connectivity index (χ3n) is 3.45. The maximum atomic E-state index is 12.5. The number of hydroxylamine groups is 2. The summed E-state index contributed by atoms with van der Waals surface area (Å²) < 4.78 is 4.77. The predicted molar refractivity (Wildman–Crippen MR) is 93.7 cm³/mol. The summed E-state index contributed by atoms with van der Waals surface area (Å²) in [7, 11) is 1.28. The number of nitrogens with zero attached hydrogens (tertiary/aromatic N) is 1. The first kappa shape index (κ1) is 20.8. The Hall–Kier alpha value is -2.21. The van der Waals surface area contributed by atoms with Gasteiger partial charge in [0, 0.05) is 13.0 Å². The van der Waals surface area contributed by atoms with Crippen LogP contribution in [0.4, 0.5) is 0 Å². The SMILES string of the molecule is COC(=O)C(C(=O)CCCCN(C=O)OC(C)(C)C)c1ccccc1.